The first kappa shape index (κ1) is 86.4. The highest BCUT2D eigenvalue weighted by molar-refractivity contribution is 7.47. The molecule has 2 heterocycles. The average molecular weight is 1380 g/mol. The van der Waals surface area contributed by atoms with Gasteiger partial charge in [-0.15, -0.1) is 0 Å². The van der Waals surface area contributed by atoms with Crippen molar-refractivity contribution in [3.63, 3.8) is 0 Å². The lowest BCUT2D eigenvalue weighted by Crippen LogP contribution is -2.69. The molecule has 0 spiro atoms. The van der Waals surface area contributed by atoms with Crippen molar-refractivity contribution >= 4 is 25.7 Å². The molecule has 0 amide bonds. The van der Waals surface area contributed by atoms with Crippen molar-refractivity contribution < 1.29 is 117 Å². The summed E-state index contributed by atoms with van der Waals surface area (Å²) in [7, 11) is -5.72. The van der Waals surface area contributed by atoms with Gasteiger partial charge in [-0.05, 0) is 51.4 Å². The summed E-state index contributed by atoms with van der Waals surface area (Å²) >= 11 is 0. The van der Waals surface area contributed by atoms with E-state index >= 15 is 0 Å². The predicted octanol–water partition coefficient (Wildman–Crippen LogP) is 9.12. The number of hydrogen-bond donors (Lipinski definition) is 11. The zero-order chi connectivity index (χ0) is 69.6. The van der Waals surface area contributed by atoms with Crippen LogP contribution < -0.4 is 0 Å². The maximum Gasteiger partial charge on any atom is 0.472 e. The SMILES string of the molecule is CCCCCCCCC/C=C\CCCCCC(=O)OC(COC(=O)/C=C/C=C/CCCCCCCCCCCCC)COP(=O)(O)OC1C(OC2OC(CO)C(O)C(O)C2O)C(O)C(O)C(O)C1OC1OC(COC(=O)CCCCCCCCCCCCC)C(O)C(O)C1O. The number of esters is 3. The van der Waals surface area contributed by atoms with Crippen molar-refractivity contribution in [2.45, 2.75) is 362 Å². The first-order valence-corrected chi connectivity index (χ1v) is 37.8. The van der Waals surface area contributed by atoms with E-state index in [-0.39, 0.29) is 12.8 Å². The highest BCUT2D eigenvalue weighted by atomic mass is 31.2. The first-order valence-electron chi connectivity index (χ1n) is 36.3. The molecule has 3 fully saturated rings. The Hall–Kier alpha value is -2.82. The number of unbranched alkanes of at least 4 members (excludes halogenated alkanes) is 31. The van der Waals surface area contributed by atoms with Gasteiger partial charge >= 0.3 is 25.7 Å². The fraction of sp³-hybridized carbons (Fsp3) is 0.871. The maximum absolute atomic E-state index is 14.3. The highest BCUT2D eigenvalue weighted by Crippen LogP contribution is 2.49. The fourth-order valence-electron chi connectivity index (χ4n) is 11.8. The zero-order valence-corrected chi connectivity index (χ0v) is 58.3. The van der Waals surface area contributed by atoms with Gasteiger partial charge in [-0.1, -0.05) is 225 Å². The average Bonchev–Trinajstić information content (AvgIpc) is 0.764. The topological polar surface area (TPSA) is 374 Å². The highest BCUT2D eigenvalue weighted by Gasteiger charge is 2.58. The van der Waals surface area contributed by atoms with Crippen LogP contribution in [0, 0.1) is 0 Å². The van der Waals surface area contributed by atoms with Crippen LogP contribution in [-0.4, -0.2) is 204 Å². The third kappa shape index (κ3) is 35.9. The molecule has 1 saturated carbocycles. The summed E-state index contributed by atoms with van der Waals surface area (Å²) in [6.45, 7) is 3.27. The van der Waals surface area contributed by atoms with Crippen molar-refractivity contribution in [3.05, 3.63) is 36.5 Å². The minimum atomic E-state index is -5.72. The second kappa shape index (κ2) is 52.2. The minimum Gasteiger partial charge on any atom is -0.463 e. The molecule has 18 atom stereocenters. The largest absolute Gasteiger partial charge is 0.472 e. The molecule has 0 aromatic rings. The third-order valence-electron chi connectivity index (χ3n) is 17.7. The molecule has 0 radical (unpaired) electrons. The van der Waals surface area contributed by atoms with Gasteiger partial charge in [0, 0.05) is 18.9 Å². The Morgan fingerprint density at radius 1 is 0.432 bits per heavy atom. The van der Waals surface area contributed by atoms with E-state index < -0.39 is 156 Å². The number of aliphatic hydroxyl groups is 10. The molecule has 25 heteroatoms. The number of rotatable bonds is 55. The monoisotopic (exact) mass is 1380 g/mol. The van der Waals surface area contributed by atoms with Crippen LogP contribution in [-0.2, 0) is 61.2 Å². The first-order chi connectivity index (χ1) is 45.8. The predicted molar refractivity (Wildman–Crippen MR) is 356 cm³/mol. The quantitative estimate of drug-likeness (QED) is 0.00514. The molecule has 0 aromatic heterocycles. The van der Waals surface area contributed by atoms with Crippen LogP contribution in [0.3, 0.4) is 0 Å². The van der Waals surface area contributed by atoms with Gasteiger partial charge < -0.3 is 89.1 Å². The molecular weight excluding hydrogens is 1260 g/mol. The number of carbonyl (C=O) groups excluding carboxylic acids is 3. The van der Waals surface area contributed by atoms with Crippen LogP contribution in [0.2, 0.25) is 0 Å². The lowest BCUT2D eigenvalue weighted by atomic mass is 9.84. The van der Waals surface area contributed by atoms with Gasteiger partial charge in [-0.25, -0.2) is 9.36 Å². The Morgan fingerprint density at radius 3 is 1.28 bits per heavy atom. The van der Waals surface area contributed by atoms with E-state index in [1.165, 1.54) is 128 Å². The molecule has 24 nitrogen and oxygen atoms in total. The maximum atomic E-state index is 14.3. The number of phosphoric acid groups is 1. The Morgan fingerprint density at radius 2 is 0.821 bits per heavy atom. The van der Waals surface area contributed by atoms with Gasteiger partial charge in [-0.2, -0.15) is 0 Å². The van der Waals surface area contributed by atoms with E-state index in [0.29, 0.717) is 19.3 Å². The van der Waals surface area contributed by atoms with Gasteiger partial charge in [0.25, 0.3) is 0 Å². The third-order valence-corrected chi connectivity index (χ3v) is 18.7. The Balaban J connectivity index is 1.78. The lowest BCUT2D eigenvalue weighted by molar-refractivity contribution is -0.360. The molecule has 11 N–H and O–H groups in total. The van der Waals surface area contributed by atoms with Crippen molar-refractivity contribution in [3.8, 4) is 0 Å². The van der Waals surface area contributed by atoms with E-state index in [0.717, 1.165) is 89.5 Å². The second-order valence-corrected chi connectivity index (χ2v) is 27.4. The van der Waals surface area contributed by atoms with Crippen molar-refractivity contribution in [2.75, 3.05) is 26.4 Å². The van der Waals surface area contributed by atoms with E-state index in [9.17, 15) is 74.9 Å². The number of hydrogen-bond acceptors (Lipinski definition) is 23. The molecule has 0 aromatic carbocycles. The van der Waals surface area contributed by atoms with Crippen molar-refractivity contribution in [2.24, 2.45) is 0 Å². The standard InChI is InChI=1S/C70H125O24P/c1-4-7-10-13-16-19-22-24-26-28-30-33-35-38-41-44-54(72)86-48-51(89-56(74)46-43-40-37-34-31-27-25-23-20-17-14-11-8-5-2)49-88-95(84,85)94-68-66(92-69-64(82)59(77)57(75)52(47-71)90-69)62(80)61(79)63(81)67(68)93-70-65(83)60(78)58(76)53(91-70)50-87-55(73)45-42-39-36-32-29-21-18-15-12-9-6-3/h27,31,35,38,41,44,51-53,57-71,75-83H,4-26,28-30,32-34,36-37,39-40,42-43,45-50H2,1-3H3,(H,84,85)/b31-27-,38-35+,44-41+. The van der Waals surface area contributed by atoms with Crippen molar-refractivity contribution in [1.29, 1.82) is 0 Å². The normalized spacial score (nSPS) is 28.3. The van der Waals surface area contributed by atoms with E-state index in [1.54, 1.807) is 6.08 Å². The summed E-state index contributed by atoms with van der Waals surface area (Å²) in [6, 6.07) is 0. The van der Waals surface area contributed by atoms with Crippen LogP contribution in [0.5, 0.6) is 0 Å². The number of allylic oxidation sites excluding steroid dienone is 5. The Labute approximate surface area is 566 Å². The van der Waals surface area contributed by atoms with Gasteiger partial charge in [0.1, 0.15) is 98.7 Å². The van der Waals surface area contributed by atoms with Crippen LogP contribution in [0.25, 0.3) is 0 Å². The molecule has 0 bridgehead atoms. The van der Waals surface area contributed by atoms with Crippen LogP contribution >= 0.6 is 7.82 Å². The molecule has 3 rings (SSSR count). The lowest BCUT2D eigenvalue weighted by Gasteiger charge is -2.49. The molecule has 554 valence electrons. The summed E-state index contributed by atoms with van der Waals surface area (Å²) in [6.07, 6.45) is 13.1. The van der Waals surface area contributed by atoms with Crippen LogP contribution in [0.4, 0.5) is 0 Å². The van der Waals surface area contributed by atoms with E-state index in [2.05, 4.69) is 32.9 Å². The number of ether oxygens (including phenoxy) is 7. The van der Waals surface area contributed by atoms with Crippen LogP contribution in [0.15, 0.2) is 36.5 Å². The minimum absolute atomic E-state index is 0.0261. The number of aliphatic hydroxyl groups excluding tert-OH is 10. The summed E-state index contributed by atoms with van der Waals surface area (Å²) in [5, 5.41) is 110. The molecule has 1 aliphatic carbocycles. The summed E-state index contributed by atoms with van der Waals surface area (Å²) < 4.78 is 64.6. The zero-order valence-electron chi connectivity index (χ0n) is 57.4. The molecule has 3 aliphatic rings. The van der Waals surface area contributed by atoms with Gasteiger partial charge in [-0.3, -0.25) is 18.6 Å². The molecule has 2 saturated heterocycles. The molecule has 2 aliphatic heterocycles. The van der Waals surface area contributed by atoms with Gasteiger partial charge in [0.05, 0.1) is 13.2 Å². The Bertz CT molecular complexity index is 2120. The number of phosphoric ester groups is 1. The van der Waals surface area contributed by atoms with Gasteiger partial charge in [0.15, 0.2) is 18.7 Å². The van der Waals surface area contributed by atoms with Crippen molar-refractivity contribution in [1.82, 2.24) is 0 Å². The van der Waals surface area contributed by atoms with E-state index in [1.807, 2.05) is 6.08 Å². The van der Waals surface area contributed by atoms with Crippen LogP contribution in [0.1, 0.15) is 258 Å². The Kier molecular flexibility index (Phi) is 47.5. The summed E-state index contributed by atoms with van der Waals surface area (Å²) in [5.74, 6) is -2.27. The molecular formula is C70H125O24P. The second-order valence-electron chi connectivity index (χ2n) is 26.0. The number of carbonyl (C=O) groups is 3. The molecule has 18 unspecified atom stereocenters. The summed E-state index contributed by atoms with van der Waals surface area (Å²) in [4.78, 5) is 50.7. The molecule has 95 heavy (non-hydrogen) atoms. The summed E-state index contributed by atoms with van der Waals surface area (Å²) in [5.41, 5.74) is 0. The smallest absolute Gasteiger partial charge is 0.463 e. The fourth-order valence-corrected chi connectivity index (χ4v) is 12.7. The van der Waals surface area contributed by atoms with Gasteiger partial charge in [0.2, 0.25) is 0 Å². The van der Waals surface area contributed by atoms with E-state index in [4.69, 9.17) is 42.2 Å².